The van der Waals surface area contributed by atoms with Crippen molar-refractivity contribution in [3.05, 3.63) is 74.1 Å². The fourth-order valence-corrected chi connectivity index (χ4v) is 4.58. The standard InChI is InChI=1S/C23H20Cl2N2O5S/c1-4-32-15-8-6-14(7-9-15)26-21(29)19-12(2)18(23(30)31-3)22(33-19)27-20(28)16-10-5-13(24)11-17(16)25/h5-11H,4H2,1-3H3,(H,26,29)(H,27,28). The first-order chi connectivity index (χ1) is 15.7. The number of hydrogen-bond donors (Lipinski definition) is 2. The van der Waals surface area contributed by atoms with E-state index in [9.17, 15) is 14.4 Å². The molecule has 0 radical (unpaired) electrons. The molecule has 3 rings (SSSR count). The summed E-state index contributed by atoms with van der Waals surface area (Å²) in [4.78, 5) is 38.4. The second-order valence-corrected chi connectivity index (χ2v) is 8.61. The van der Waals surface area contributed by atoms with Gasteiger partial charge in [0.05, 0.1) is 34.7 Å². The molecule has 1 heterocycles. The van der Waals surface area contributed by atoms with Gasteiger partial charge in [-0.1, -0.05) is 23.2 Å². The Balaban J connectivity index is 1.89. The first-order valence-electron chi connectivity index (χ1n) is 9.77. The fraction of sp³-hybridized carbons (Fsp3) is 0.174. The lowest BCUT2D eigenvalue weighted by atomic mass is 10.1. The number of amides is 2. The number of benzene rings is 2. The second-order valence-electron chi connectivity index (χ2n) is 6.74. The van der Waals surface area contributed by atoms with Crippen LogP contribution in [0.3, 0.4) is 0 Å². The number of esters is 1. The van der Waals surface area contributed by atoms with Crippen molar-refractivity contribution in [3.63, 3.8) is 0 Å². The third-order valence-corrected chi connectivity index (χ3v) is 6.32. The van der Waals surface area contributed by atoms with Crippen LogP contribution in [-0.4, -0.2) is 31.5 Å². The number of halogens is 2. The molecule has 0 unspecified atom stereocenters. The molecule has 0 spiro atoms. The molecular weight excluding hydrogens is 487 g/mol. The number of rotatable bonds is 7. The van der Waals surface area contributed by atoms with E-state index < -0.39 is 17.8 Å². The molecule has 33 heavy (non-hydrogen) atoms. The van der Waals surface area contributed by atoms with Gasteiger partial charge in [-0.25, -0.2) is 4.79 Å². The van der Waals surface area contributed by atoms with Crippen molar-refractivity contribution in [1.29, 1.82) is 0 Å². The minimum atomic E-state index is -0.679. The lowest BCUT2D eigenvalue weighted by molar-refractivity contribution is 0.0601. The van der Waals surface area contributed by atoms with Crippen molar-refractivity contribution in [1.82, 2.24) is 0 Å². The Morgan fingerprint density at radius 3 is 2.30 bits per heavy atom. The Morgan fingerprint density at radius 1 is 1.00 bits per heavy atom. The molecule has 0 aliphatic heterocycles. The predicted molar refractivity (Wildman–Crippen MR) is 130 cm³/mol. The van der Waals surface area contributed by atoms with Crippen LogP contribution in [0.2, 0.25) is 10.0 Å². The molecule has 0 aliphatic carbocycles. The van der Waals surface area contributed by atoms with E-state index in [1.807, 2.05) is 6.92 Å². The quantitative estimate of drug-likeness (QED) is 0.380. The minimum Gasteiger partial charge on any atom is -0.494 e. The zero-order valence-electron chi connectivity index (χ0n) is 18.0. The highest BCUT2D eigenvalue weighted by Gasteiger charge is 2.27. The van der Waals surface area contributed by atoms with Crippen molar-refractivity contribution in [2.45, 2.75) is 13.8 Å². The van der Waals surface area contributed by atoms with E-state index >= 15 is 0 Å². The van der Waals surface area contributed by atoms with Crippen LogP contribution >= 0.6 is 34.5 Å². The number of carbonyl (C=O) groups is 3. The molecule has 0 saturated heterocycles. The number of nitrogens with one attached hydrogen (secondary N) is 2. The molecule has 172 valence electrons. The maximum absolute atomic E-state index is 12.9. The summed E-state index contributed by atoms with van der Waals surface area (Å²) in [6, 6.07) is 11.3. The van der Waals surface area contributed by atoms with E-state index in [2.05, 4.69) is 10.6 Å². The highest BCUT2D eigenvalue weighted by Crippen LogP contribution is 2.35. The summed E-state index contributed by atoms with van der Waals surface area (Å²) in [6.45, 7) is 4.03. The van der Waals surface area contributed by atoms with Gasteiger partial charge in [0.15, 0.2) is 0 Å². The predicted octanol–water partition coefficient (Wildman–Crippen LogP) is 6.05. The number of methoxy groups -OCH3 is 1. The molecule has 0 fully saturated rings. The summed E-state index contributed by atoms with van der Waals surface area (Å²) in [5.74, 6) is -0.985. The van der Waals surface area contributed by atoms with Crippen molar-refractivity contribution < 1.29 is 23.9 Å². The van der Waals surface area contributed by atoms with Crippen LogP contribution in [0.4, 0.5) is 10.7 Å². The van der Waals surface area contributed by atoms with Crippen LogP contribution < -0.4 is 15.4 Å². The Labute approximate surface area is 204 Å². The molecule has 1 aromatic heterocycles. The van der Waals surface area contributed by atoms with Gasteiger partial charge in [0.25, 0.3) is 11.8 Å². The van der Waals surface area contributed by atoms with Crippen LogP contribution in [0.1, 0.15) is 42.9 Å². The summed E-state index contributed by atoms with van der Waals surface area (Å²) < 4.78 is 10.3. The van der Waals surface area contributed by atoms with Gasteiger partial charge >= 0.3 is 5.97 Å². The molecule has 2 N–H and O–H groups in total. The van der Waals surface area contributed by atoms with Gasteiger partial charge in [-0.05, 0) is 61.9 Å². The number of anilines is 2. The molecule has 2 aromatic carbocycles. The SMILES string of the molecule is CCOc1ccc(NC(=O)c2sc(NC(=O)c3ccc(Cl)cc3Cl)c(C(=O)OC)c2C)cc1. The van der Waals surface area contributed by atoms with E-state index in [0.717, 1.165) is 11.3 Å². The van der Waals surface area contributed by atoms with Crippen molar-refractivity contribution >= 4 is 63.0 Å². The first kappa shape index (κ1) is 24.6. The second kappa shape index (κ2) is 10.7. The van der Waals surface area contributed by atoms with Crippen LogP contribution in [-0.2, 0) is 4.74 Å². The number of hydrogen-bond acceptors (Lipinski definition) is 6. The van der Waals surface area contributed by atoms with Crippen LogP contribution in [0, 0.1) is 6.92 Å². The van der Waals surface area contributed by atoms with Crippen LogP contribution in [0.25, 0.3) is 0 Å². The molecule has 0 atom stereocenters. The van der Waals surface area contributed by atoms with Gasteiger partial charge in [0, 0.05) is 10.7 Å². The summed E-state index contributed by atoms with van der Waals surface area (Å²) >= 11 is 13.0. The normalized spacial score (nSPS) is 10.5. The van der Waals surface area contributed by atoms with E-state index in [-0.39, 0.29) is 26.0 Å². The van der Waals surface area contributed by atoms with Crippen molar-refractivity contribution in [3.8, 4) is 5.75 Å². The average molecular weight is 507 g/mol. The molecule has 10 heteroatoms. The Hall–Kier alpha value is -3.07. The highest BCUT2D eigenvalue weighted by atomic mass is 35.5. The van der Waals surface area contributed by atoms with Crippen LogP contribution in [0.15, 0.2) is 42.5 Å². The molecular formula is C23H20Cl2N2O5S. The van der Waals surface area contributed by atoms with Crippen molar-refractivity contribution in [2.75, 3.05) is 24.4 Å². The van der Waals surface area contributed by atoms with E-state index in [1.54, 1.807) is 31.2 Å². The monoisotopic (exact) mass is 506 g/mol. The first-order valence-corrected chi connectivity index (χ1v) is 11.3. The van der Waals surface area contributed by atoms with E-state index in [4.69, 9.17) is 32.7 Å². The van der Waals surface area contributed by atoms with Gasteiger partial charge in [0.1, 0.15) is 10.8 Å². The number of ether oxygens (including phenoxy) is 2. The zero-order chi connectivity index (χ0) is 24.1. The molecule has 3 aromatic rings. The maximum Gasteiger partial charge on any atom is 0.341 e. The summed E-state index contributed by atoms with van der Waals surface area (Å²) in [7, 11) is 1.22. The molecule has 7 nitrogen and oxygen atoms in total. The largest absolute Gasteiger partial charge is 0.494 e. The topological polar surface area (TPSA) is 93.7 Å². The molecule has 0 bridgehead atoms. The molecule has 2 amide bonds. The minimum absolute atomic E-state index is 0.0952. The third-order valence-electron chi connectivity index (χ3n) is 4.57. The average Bonchev–Trinajstić information content (AvgIpc) is 3.10. The maximum atomic E-state index is 12.9. The molecule has 0 saturated carbocycles. The van der Waals surface area contributed by atoms with Crippen LogP contribution in [0.5, 0.6) is 5.75 Å². The van der Waals surface area contributed by atoms with Gasteiger partial charge in [0.2, 0.25) is 0 Å². The molecule has 0 aliphatic rings. The smallest absolute Gasteiger partial charge is 0.341 e. The van der Waals surface area contributed by atoms with E-state index in [1.165, 1.54) is 25.3 Å². The highest BCUT2D eigenvalue weighted by molar-refractivity contribution is 7.19. The van der Waals surface area contributed by atoms with E-state index in [0.29, 0.717) is 28.6 Å². The summed E-state index contributed by atoms with van der Waals surface area (Å²) in [5.41, 5.74) is 1.20. The Kier molecular flexibility index (Phi) is 7.97. The summed E-state index contributed by atoms with van der Waals surface area (Å²) in [5, 5.41) is 6.15. The Morgan fingerprint density at radius 2 is 1.70 bits per heavy atom. The lowest BCUT2D eigenvalue weighted by Gasteiger charge is -2.07. The Bertz CT molecular complexity index is 1210. The summed E-state index contributed by atoms with van der Waals surface area (Å²) in [6.07, 6.45) is 0. The number of thiophene rings is 1. The zero-order valence-corrected chi connectivity index (χ0v) is 20.3. The van der Waals surface area contributed by atoms with Gasteiger partial charge < -0.3 is 20.1 Å². The fourth-order valence-electron chi connectivity index (χ4n) is 3.00. The van der Waals surface area contributed by atoms with Crippen molar-refractivity contribution in [2.24, 2.45) is 0 Å². The van der Waals surface area contributed by atoms with Gasteiger partial charge in [-0.2, -0.15) is 0 Å². The lowest BCUT2D eigenvalue weighted by Crippen LogP contribution is -2.15. The van der Waals surface area contributed by atoms with Gasteiger partial charge in [-0.3, -0.25) is 9.59 Å². The third kappa shape index (κ3) is 5.65. The van der Waals surface area contributed by atoms with Gasteiger partial charge in [-0.15, -0.1) is 11.3 Å². The number of carbonyl (C=O) groups excluding carboxylic acids is 3.